The Bertz CT molecular complexity index is 744. The molecule has 2 aromatic carbocycles. The number of halogens is 3. The van der Waals surface area contributed by atoms with Crippen molar-refractivity contribution in [2.24, 2.45) is 0 Å². The van der Waals surface area contributed by atoms with Gasteiger partial charge in [-0.05, 0) is 23.3 Å². The summed E-state index contributed by atoms with van der Waals surface area (Å²) in [5.74, 6) is 0. The first-order valence-electron chi connectivity index (χ1n) is 7.44. The number of carbonyl (C=O) groups is 1. The molecule has 0 aliphatic rings. The van der Waals surface area contributed by atoms with Gasteiger partial charge in [0.15, 0.2) is 0 Å². The maximum Gasteiger partial charge on any atom is 0.418 e. The zero-order chi connectivity index (χ0) is 18.3. The zero-order valence-electron chi connectivity index (χ0n) is 13.2. The Morgan fingerprint density at radius 3 is 2.56 bits per heavy atom. The van der Waals surface area contributed by atoms with E-state index in [9.17, 15) is 18.0 Å². The highest BCUT2D eigenvalue weighted by Gasteiger charge is 2.32. The lowest BCUT2D eigenvalue weighted by Gasteiger charge is -2.10. The third-order valence-electron chi connectivity index (χ3n) is 3.27. The number of hydrogen-bond donors (Lipinski definition) is 2. The number of benzene rings is 2. The Morgan fingerprint density at radius 2 is 1.88 bits per heavy atom. The van der Waals surface area contributed by atoms with Crippen molar-refractivity contribution in [2.75, 3.05) is 12.3 Å². The molecule has 132 valence electrons. The van der Waals surface area contributed by atoms with E-state index in [2.05, 4.69) is 5.32 Å². The van der Waals surface area contributed by atoms with Crippen LogP contribution < -0.4 is 11.1 Å². The lowest BCUT2D eigenvalue weighted by atomic mass is 10.1. The van der Waals surface area contributed by atoms with Gasteiger partial charge in [-0.3, -0.25) is 0 Å². The van der Waals surface area contributed by atoms with Gasteiger partial charge in [-0.1, -0.05) is 48.6 Å². The van der Waals surface area contributed by atoms with Crippen LogP contribution in [-0.2, 0) is 17.5 Å². The van der Waals surface area contributed by atoms with Crippen molar-refractivity contribution in [1.29, 1.82) is 0 Å². The summed E-state index contributed by atoms with van der Waals surface area (Å²) in [5, 5.41) is 2.48. The van der Waals surface area contributed by atoms with Crippen LogP contribution in [0.25, 0.3) is 6.08 Å². The van der Waals surface area contributed by atoms with Crippen molar-refractivity contribution in [3.63, 3.8) is 0 Å². The molecule has 2 rings (SSSR count). The molecule has 0 radical (unpaired) electrons. The van der Waals surface area contributed by atoms with Crippen LogP contribution in [-0.4, -0.2) is 12.6 Å². The van der Waals surface area contributed by atoms with Gasteiger partial charge in [0.1, 0.15) is 6.61 Å². The van der Waals surface area contributed by atoms with Crippen LogP contribution in [0.3, 0.4) is 0 Å². The summed E-state index contributed by atoms with van der Waals surface area (Å²) < 4.78 is 43.3. The van der Waals surface area contributed by atoms with E-state index >= 15 is 0 Å². The second-order valence-electron chi connectivity index (χ2n) is 5.19. The molecule has 0 fully saturated rings. The second-order valence-corrected chi connectivity index (χ2v) is 5.19. The minimum atomic E-state index is -4.51. The number of ether oxygens (including phenoxy) is 1. The van der Waals surface area contributed by atoms with Gasteiger partial charge >= 0.3 is 12.3 Å². The van der Waals surface area contributed by atoms with Crippen LogP contribution in [0, 0.1) is 0 Å². The summed E-state index contributed by atoms with van der Waals surface area (Å²) in [6, 6.07) is 12.8. The Labute approximate surface area is 143 Å². The Morgan fingerprint density at radius 1 is 1.16 bits per heavy atom. The lowest BCUT2D eigenvalue weighted by molar-refractivity contribution is -0.136. The third-order valence-corrected chi connectivity index (χ3v) is 3.27. The second kappa shape index (κ2) is 8.23. The highest BCUT2D eigenvalue weighted by Crippen LogP contribution is 2.34. The molecule has 4 nitrogen and oxygen atoms in total. The van der Waals surface area contributed by atoms with Gasteiger partial charge in [0.2, 0.25) is 0 Å². The predicted octanol–water partition coefficient (Wildman–Crippen LogP) is 4.23. The van der Waals surface area contributed by atoms with Crippen LogP contribution >= 0.6 is 0 Å². The van der Waals surface area contributed by atoms with E-state index in [4.69, 9.17) is 10.5 Å². The van der Waals surface area contributed by atoms with Crippen molar-refractivity contribution in [2.45, 2.75) is 12.8 Å². The van der Waals surface area contributed by atoms with Gasteiger partial charge in [-0.2, -0.15) is 13.2 Å². The maximum atomic E-state index is 12.8. The van der Waals surface area contributed by atoms with E-state index in [-0.39, 0.29) is 18.8 Å². The molecule has 0 saturated carbocycles. The number of hydrogen-bond acceptors (Lipinski definition) is 3. The summed E-state index contributed by atoms with van der Waals surface area (Å²) in [6.07, 6.45) is -2.13. The molecule has 7 heteroatoms. The Hall–Kier alpha value is -2.96. The SMILES string of the molecule is Nc1ccc(C=CCNC(=O)OCc2ccccc2)cc1C(F)(F)F. The van der Waals surface area contributed by atoms with Gasteiger partial charge in [0.25, 0.3) is 0 Å². The number of amides is 1. The molecule has 0 bridgehead atoms. The first kappa shape index (κ1) is 18.4. The van der Waals surface area contributed by atoms with Crippen molar-refractivity contribution in [1.82, 2.24) is 5.32 Å². The quantitative estimate of drug-likeness (QED) is 0.793. The molecule has 0 unspecified atom stereocenters. The summed E-state index contributed by atoms with van der Waals surface area (Å²) in [4.78, 5) is 11.5. The number of nitrogen functional groups attached to an aromatic ring is 1. The highest BCUT2D eigenvalue weighted by atomic mass is 19.4. The van der Waals surface area contributed by atoms with Crippen LogP contribution in [0.1, 0.15) is 16.7 Å². The van der Waals surface area contributed by atoms with Gasteiger partial charge in [-0.25, -0.2) is 4.79 Å². The normalized spacial score (nSPS) is 11.5. The summed E-state index contributed by atoms with van der Waals surface area (Å²) in [5.41, 5.74) is 5.31. The molecule has 0 spiro atoms. The minimum Gasteiger partial charge on any atom is -0.445 e. The fourth-order valence-electron chi connectivity index (χ4n) is 2.03. The highest BCUT2D eigenvalue weighted by molar-refractivity contribution is 5.67. The molecule has 0 aromatic heterocycles. The molecule has 0 saturated heterocycles. The molecular weight excluding hydrogens is 333 g/mol. The topological polar surface area (TPSA) is 64.3 Å². The average Bonchev–Trinajstić information content (AvgIpc) is 2.58. The average molecular weight is 350 g/mol. The first-order chi connectivity index (χ1) is 11.9. The Balaban J connectivity index is 1.82. The Kier molecular flexibility index (Phi) is 6.05. The number of rotatable bonds is 5. The number of nitrogens with two attached hydrogens (primary N) is 1. The number of alkyl carbamates (subject to hydrolysis) is 1. The number of carbonyl (C=O) groups excluding carboxylic acids is 1. The van der Waals surface area contributed by atoms with Crippen LogP contribution in [0.2, 0.25) is 0 Å². The van der Waals surface area contributed by atoms with Crippen molar-refractivity contribution in [3.8, 4) is 0 Å². The zero-order valence-corrected chi connectivity index (χ0v) is 13.2. The van der Waals surface area contributed by atoms with Crippen molar-refractivity contribution >= 4 is 17.9 Å². The molecule has 0 atom stereocenters. The fraction of sp³-hybridized carbons (Fsp3) is 0.167. The van der Waals surface area contributed by atoms with Gasteiger partial charge < -0.3 is 15.8 Å². The van der Waals surface area contributed by atoms with Gasteiger partial charge in [-0.15, -0.1) is 0 Å². The van der Waals surface area contributed by atoms with Crippen molar-refractivity contribution < 1.29 is 22.7 Å². The fourth-order valence-corrected chi connectivity index (χ4v) is 2.03. The van der Waals surface area contributed by atoms with E-state index in [0.717, 1.165) is 11.6 Å². The molecule has 3 N–H and O–H groups in total. The lowest BCUT2D eigenvalue weighted by Crippen LogP contribution is -2.24. The van der Waals surface area contributed by atoms with Gasteiger partial charge in [0, 0.05) is 12.2 Å². The number of nitrogens with one attached hydrogen (secondary N) is 1. The van der Waals surface area contributed by atoms with E-state index in [1.807, 2.05) is 30.3 Å². The summed E-state index contributed by atoms with van der Waals surface area (Å²) in [7, 11) is 0. The standard InChI is InChI=1S/C18H17F3N2O2/c19-18(20,21)15-11-13(8-9-16(15)22)7-4-10-23-17(24)25-12-14-5-2-1-3-6-14/h1-9,11H,10,12,22H2,(H,23,24). The largest absolute Gasteiger partial charge is 0.445 e. The molecular formula is C18H17F3N2O2. The minimum absolute atomic E-state index is 0.124. The molecule has 0 aliphatic carbocycles. The van der Waals surface area contributed by atoms with Crippen LogP contribution in [0.5, 0.6) is 0 Å². The van der Waals surface area contributed by atoms with Gasteiger partial charge in [0.05, 0.1) is 5.56 Å². The molecule has 2 aromatic rings. The number of alkyl halides is 3. The van der Waals surface area contributed by atoms with E-state index in [1.165, 1.54) is 24.3 Å². The predicted molar refractivity (Wildman–Crippen MR) is 89.5 cm³/mol. The van der Waals surface area contributed by atoms with Crippen LogP contribution in [0.15, 0.2) is 54.6 Å². The summed E-state index contributed by atoms with van der Waals surface area (Å²) in [6.45, 7) is 0.267. The molecule has 0 heterocycles. The van der Waals surface area contributed by atoms with Crippen molar-refractivity contribution in [3.05, 3.63) is 71.3 Å². The van der Waals surface area contributed by atoms with E-state index < -0.39 is 17.8 Å². The number of anilines is 1. The molecule has 0 aliphatic heterocycles. The smallest absolute Gasteiger partial charge is 0.418 e. The summed E-state index contributed by atoms with van der Waals surface area (Å²) >= 11 is 0. The monoisotopic (exact) mass is 350 g/mol. The first-order valence-corrected chi connectivity index (χ1v) is 7.44. The molecule has 25 heavy (non-hydrogen) atoms. The van der Waals surface area contributed by atoms with Crippen LogP contribution in [0.4, 0.5) is 23.7 Å². The third kappa shape index (κ3) is 5.87. The van der Waals surface area contributed by atoms with E-state index in [0.29, 0.717) is 5.56 Å². The molecule has 1 amide bonds. The van der Waals surface area contributed by atoms with E-state index in [1.54, 1.807) is 0 Å². The maximum absolute atomic E-state index is 12.8.